The van der Waals surface area contributed by atoms with Gasteiger partial charge in [0.15, 0.2) is 5.82 Å². The van der Waals surface area contributed by atoms with Crippen LogP contribution in [0.15, 0.2) is 18.2 Å². The van der Waals surface area contributed by atoms with Crippen molar-refractivity contribution in [2.45, 2.75) is 39.3 Å². The minimum Gasteiger partial charge on any atom is -0.378 e. The van der Waals surface area contributed by atoms with Gasteiger partial charge in [-0.2, -0.15) is 0 Å². The summed E-state index contributed by atoms with van der Waals surface area (Å²) >= 11 is 0. The maximum absolute atomic E-state index is 11.4. The number of nitrogens with one attached hydrogen (secondary N) is 2. The Kier molecular flexibility index (Phi) is 3.81. The molecule has 0 radical (unpaired) electrons. The second kappa shape index (κ2) is 5.90. The van der Waals surface area contributed by atoms with Gasteiger partial charge >= 0.3 is 0 Å². The van der Waals surface area contributed by atoms with Crippen LogP contribution in [0, 0.1) is 0 Å². The zero-order valence-electron chi connectivity index (χ0n) is 12.0. The van der Waals surface area contributed by atoms with Crippen molar-refractivity contribution < 1.29 is 4.79 Å². The Morgan fingerprint density at radius 1 is 1.38 bits per heavy atom. The predicted octanol–water partition coefficient (Wildman–Crippen LogP) is 1.58. The molecule has 1 aromatic heterocycles. The van der Waals surface area contributed by atoms with Crippen molar-refractivity contribution in [1.82, 2.24) is 20.2 Å². The van der Waals surface area contributed by atoms with Gasteiger partial charge in [0.2, 0.25) is 5.91 Å². The molecular weight excluding hydrogens is 268 g/mol. The SMILES string of the molecule is CCCn1nnnc1CNc1ccc2c(c1)NC(=O)CC2. The van der Waals surface area contributed by atoms with Gasteiger partial charge in [-0.3, -0.25) is 4.79 Å². The topological polar surface area (TPSA) is 84.7 Å². The second-order valence-electron chi connectivity index (χ2n) is 5.09. The second-order valence-corrected chi connectivity index (χ2v) is 5.09. The van der Waals surface area contributed by atoms with Crippen molar-refractivity contribution in [2.75, 3.05) is 10.6 Å². The van der Waals surface area contributed by atoms with E-state index in [2.05, 4.69) is 33.1 Å². The van der Waals surface area contributed by atoms with E-state index in [-0.39, 0.29) is 5.91 Å². The lowest BCUT2D eigenvalue weighted by molar-refractivity contribution is -0.116. The van der Waals surface area contributed by atoms with Crippen LogP contribution in [-0.4, -0.2) is 26.1 Å². The molecule has 110 valence electrons. The lowest BCUT2D eigenvalue weighted by atomic mass is 10.0. The molecule has 3 rings (SSSR count). The number of hydrogen-bond donors (Lipinski definition) is 2. The minimum absolute atomic E-state index is 0.0755. The number of benzene rings is 1. The molecule has 2 heterocycles. The van der Waals surface area contributed by atoms with E-state index in [0.717, 1.165) is 36.6 Å². The van der Waals surface area contributed by atoms with Gasteiger partial charge in [0.1, 0.15) is 0 Å². The third kappa shape index (κ3) is 3.01. The van der Waals surface area contributed by atoms with Crippen molar-refractivity contribution in [3.8, 4) is 0 Å². The molecule has 1 aliphatic rings. The van der Waals surface area contributed by atoms with E-state index in [1.54, 1.807) is 4.68 Å². The molecule has 2 aromatic rings. The van der Waals surface area contributed by atoms with Crippen molar-refractivity contribution in [2.24, 2.45) is 0 Å². The van der Waals surface area contributed by atoms with E-state index < -0.39 is 0 Å². The van der Waals surface area contributed by atoms with Crippen LogP contribution in [-0.2, 0) is 24.3 Å². The number of anilines is 2. The number of tetrazole rings is 1. The summed E-state index contributed by atoms with van der Waals surface area (Å²) in [5.41, 5.74) is 3.02. The average Bonchev–Trinajstić information content (AvgIpc) is 2.92. The average molecular weight is 286 g/mol. The number of rotatable bonds is 5. The first-order valence-electron chi connectivity index (χ1n) is 7.18. The van der Waals surface area contributed by atoms with Crippen LogP contribution in [0.4, 0.5) is 11.4 Å². The fourth-order valence-electron chi connectivity index (χ4n) is 2.40. The van der Waals surface area contributed by atoms with Crippen LogP contribution < -0.4 is 10.6 Å². The zero-order chi connectivity index (χ0) is 14.7. The Morgan fingerprint density at radius 3 is 3.14 bits per heavy atom. The van der Waals surface area contributed by atoms with Crippen LogP contribution in [0.2, 0.25) is 0 Å². The van der Waals surface area contributed by atoms with Gasteiger partial charge in [0, 0.05) is 24.3 Å². The Balaban J connectivity index is 1.69. The van der Waals surface area contributed by atoms with E-state index in [9.17, 15) is 4.79 Å². The molecule has 0 spiro atoms. The highest BCUT2D eigenvalue weighted by molar-refractivity contribution is 5.94. The van der Waals surface area contributed by atoms with Gasteiger partial charge in [-0.15, -0.1) is 5.10 Å². The summed E-state index contributed by atoms with van der Waals surface area (Å²) < 4.78 is 1.80. The highest BCUT2D eigenvalue weighted by Crippen LogP contribution is 2.26. The summed E-state index contributed by atoms with van der Waals surface area (Å²) in [4.78, 5) is 11.4. The number of amides is 1. The van der Waals surface area contributed by atoms with Gasteiger partial charge in [0.05, 0.1) is 6.54 Å². The molecule has 7 heteroatoms. The van der Waals surface area contributed by atoms with Crippen LogP contribution in [0.1, 0.15) is 31.2 Å². The lowest BCUT2D eigenvalue weighted by Crippen LogP contribution is -2.19. The first-order chi connectivity index (χ1) is 10.3. The first-order valence-corrected chi connectivity index (χ1v) is 7.18. The Labute approximate surface area is 122 Å². The van der Waals surface area contributed by atoms with E-state index in [1.165, 1.54) is 5.56 Å². The fourth-order valence-corrected chi connectivity index (χ4v) is 2.40. The summed E-state index contributed by atoms with van der Waals surface area (Å²) in [6.07, 6.45) is 2.35. The van der Waals surface area contributed by atoms with Gasteiger partial charge in [-0.25, -0.2) is 4.68 Å². The Hall–Kier alpha value is -2.44. The molecule has 1 amide bonds. The number of hydrogen-bond acceptors (Lipinski definition) is 5. The third-order valence-electron chi connectivity index (χ3n) is 3.50. The van der Waals surface area contributed by atoms with Gasteiger partial charge in [0.25, 0.3) is 0 Å². The summed E-state index contributed by atoms with van der Waals surface area (Å²) in [5, 5.41) is 17.9. The van der Waals surface area contributed by atoms with Crippen LogP contribution >= 0.6 is 0 Å². The summed E-state index contributed by atoms with van der Waals surface area (Å²) in [6, 6.07) is 6.02. The van der Waals surface area contributed by atoms with Crippen LogP contribution in [0.25, 0.3) is 0 Å². The monoisotopic (exact) mass is 286 g/mol. The zero-order valence-corrected chi connectivity index (χ0v) is 12.0. The highest BCUT2D eigenvalue weighted by atomic mass is 16.1. The fraction of sp³-hybridized carbons (Fsp3) is 0.429. The maximum Gasteiger partial charge on any atom is 0.224 e. The van der Waals surface area contributed by atoms with Crippen molar-refractivity contribution in [3.05, 3.63) is 29.6 Å². The first kappa shape index (κ1) is 13.5. The molecule has 0 fully saturated rings. The molecule has 0 aliphatic carbocycles. The Bertz CT molecular complexity index is 651. The standard InChI is InChI=1S/C14H18N6O/c1-2-7-20-13(17-18-19-20)9-15-11-5-3-10-4-6-14(21)16-12(10)8-11/h3,5,8,15H,2,4,6-7,9H2,1H3,(H,16,21). The van der Waals surface area contributed by atoms with E-state index in [0.29, 0.717) is 13.0 Å². The molecule has 0 bridgehead atoms. The summed E-state index contributed by atoms with van der Waals surface area (Å²) in [5.74, 6) is 0.880. The minimum atomic E-state index is 0.0755. The molecule has 0 atom stereocenters. The normalized spacial score (nSPS) is 13.7. The van der Waals surface area contributed by atoms with Gasteiger partial charge < -0.3 is 10.6 Å². The molecule has 7 nitrogen and oxygen atoms in total. The molecule has 2 N–H and O–H groups in total. The molecule has 1 aromatic carbocycles. The molecule has 0 unspecified atom stereocenters. The molecule has 1 aliphatic heterocycles. The number of nitrogens with zero attached hydrogens (tertiary/aromatic N) is 4. The lowest BCUT2D eigenvalue weighted by Gasteiger charge is -2.18. The third-order valence-corrected chi connectivity index (χ3v) is 3.50. The molecule has 0 saturated heterocycles. The smallest absolute Gasteiger partial charge is 0.224 e. The Morgan fingerprint density at radius 2 is 2.29 bits per heavy atom. The number of fused-ring (bicyclic) bond motifs is 1. The van der Waals surface area contributed by atoms with E-state index >= 15 is 0 Å². The number of aryl methyl sites for hydroxylation is 2. The van der Waals surface area contributed by atoms with Crippen LogP contribution in [0.5, 0.6) is 0 Å². The van der Waals surface area contributed by atoms with Crippen molar-refractivity contribution in [3.63, 3.8) is 0 Å². The summed E-state index contributed by atoms with van der Waals surface area (Å²) in [7, 11) is 0. The van der Waals surface area contributed by atoms with Crippen molar-refractivity contribution in [1.29, 1.82) is 0 Å². The highest BCUT2D eigenvalue weighted by Gasteiger charge is 2.14. The number of aromatic nitrogens is 4. The number of carbonyl (C=O) groups is 1. The predicted molar refractivity (Wildman–Crippen MR) is 78.8 cm³/mol. The summed E-state index contributed by atoms with van der Waals surface area (Å²) in [6.45, 7) is 3.45. The van der Waals surface area contributed by atoms with Crippen molar-refractivity contribution >= 4 is 17.3 Å². The molecular formula is C14H18N6O. The molecule has 21 heavy (non-hydrogen) atoms. The van der Waals surface area contributed by atoms with Gasteiger partial charge in [-0.1, -0.05) is 13.0 Å². The largest absolute Gasteiger partial charge is 0.378 e. The van der Waals surface area contributed by atoms with Gasteiger partial charge in [-0.05, 0) is 41.0 Å². The quantitative estimate of drug-likeness (QED) is 0.871. The van der Waals surface area contributed by atoms with E-state index in [4.69, 9.17) is 0 Å². The number of carbonyl (C=O) groups excluding carboxylic acids is 1. The van der Waals surface area contributed by atoms with Crippen LogP contribution in [0.3, 0.4) is 0 Å². The van der Waals surface area contributed by atoms with E-state index in [1.807, 2.05) is 18.2 Å². The maximum atomic E-state index is 11.4. The molecule has 0 saturated carbocycles.